The van der Waals surface area contributed by atoms with E-state index in [0.717, 1.165) is 22.5 Å². The molecule has 10 heteroatoms. The predicted octanol–water partition coefficient (Wildman–Crippen LogP) is 5.17. The van der Waals surface area contributed by atoms with Gasteiger partial charge in [-0.15, -0.1) is 22.7 Å². The van der Waals surface area contributed by atoms with Crippen molar-refractivity contribution in [2.75, 3.05) is 10.6 Å². The zero-order valence-corrected chi connectivity index (χ0v) is 19.6. The molecule has 0 atom stereocenters. The molecule has 5 rings (SSSR count). The minimum atomic E-state index is -0.441. The Morgan fingerprint density at radius 2 is 1.26 bits per heavy atom. The van der Waals surface area contributed by atoms with Gasteiger partial charge in [0.2, 0.25) is 0 Å². The maximum atomic E-state index is 12.8. The standard InChI is InChI=1S/C24H18N6O2S2/c1-30-20(22(32)28-24-26-19(14-34-24)16-10-6-3-7-11-16)12-17(29-30)21(31)27-23-25-18(13-33-23)15-8-4-2-5-9-15/h2-14H,1H3,(H,25,27,31)(H,26,28,32). The summed E-state index contributed by atoms with van der Waals surface area (Å²) in [4.78, 5) is 34.4. The van der Waals surface area contributed by atoms with Crippen molar-refractivity contribution in [3.8, 4) is 22.5 Å². The number of hydrogen-bond donors (Lipinski definition) is 2. The SMILES string of the molecule is Cn1nc(C(=O)Nc2nc(-c3ccccc3)cs2)cc1C(=O)Nc1nc(-c2ccccc2)cs1. The topological polar surface area (TPSA) is 102 Å². The van der Waals surface area contributed by atoms with Crippen LogP contribution >= 0.6 is 22.7 Å². The Kier molecular flexibility index (Phi) is 5.98. The number of anilines is 2. The lowest BCUT2D eigenvalue weighted by molar-refractivity contribution is 0.101. The van der Waals surface area contributed by atoms with E-state index in [1.165, 1.54) is 33.4 Å². The third kappa shape index (κ3) is 4.63. The molecule has 8 nitrogen and oxygen atoms in total. The van der Waals surface area contributed by atoms with Crippen LogP contribution in [0.2, 0.25) is 0 Å². The Hall–Kier alpha value is -4.15. The van der Waals surface area contributed by atoms with Gasteiger partial charge in [0, 0.05) is 35.0 Å². The number of aryl methyl sites for hydroxylation is 1. The van der Waals surface area contributed by atoms with Gasteiger partial charge in [-0.2, -0.15) is 5.10 Å². The molecule has 0 bridgehead atoms. The first-order valence-corrected chi connectivity index (χ1v) is 12.0. The fourth-order valence-electron chi connectivity index (χ4n) is 3.26. The summed E-state index contributed by atoms with van der Waals surface area (Å²) in [6.07, 6.45) is 0. The van der Waals surface area contributed by atoms with E-state index in [4.69, 9.17) is 0 Å². The Morgan fingerprint density at radius 1 is 0.765 bits per heavy atom. The molecule has 0 aliphatic rings. The molecule has 0 fully saturated rings. The molecule has 2 aromatic carbocycles. The molecule has 5 aromatic rings. The second-order valence-electron chi connectivity index (χ2n) is 7.25. The average molecular weight is 487 g/mol. The minimum Gasteiger partial charge on any atom is -0.296 e. The van der Waals surface area contributed by atoms with Gasteiger partial charge < -0.3 is 0 Å². The Labute approximate surface area is 203 Å². The number of rotatable bonds is 6. The van der Waals surface area contributed by atoms with Gasteiger partial charge in [-0.25, -0.2) is 9.97 Å². The van der Waals surface area contributed by atoms with E-state index >= 15 is 0 Å². The minimum absolute atomic E-state index is 0.119. The maximum Gasteiger partial charge on any atom is 0.277 e. The van der Waals surface area contributed by atoms with Crippen molar-refractivity contribution >= 4 is 44.8 Å². The zero-order valence-electron chi connectivity index (χ0n) is 17.9. The molecule has 3 heterocycles. The summed E-state index contributed by atoms with van der Waals surface area (Å²) in [5.41, 5.74) is 3.86. The first kappa shape index (κ1) is 21.7. The van der Waals surface area contributed by atoms with Crippen LogP contribution in [-0.4, -0.2) is 31.6 Å². The largest absolute Gasteiger partial charge is 0.296 e. The van der Waals surface area contributed by atoms with Crippen molar-refractivity contribution in [2.24, 2.45) is 7.05 Å². The zero-order chi connectivity index (χ0) is 23.5. The van der Waals surface area contributed by atoms with E-state index in [9.17, 15) is 9.59 Å². The summed E-state index contributed by atoms with van der Waals surface area (Å²) in [6.45, 7) is 0. The lowest BCUT2D eigenvalue weighted by atomic mass is 10.2. The van der Waals surface area contributed by atoms with Gasteiger partial charge in [-0.1, -0.05) is 60.7 Å². The highest BCUT2D eigenvalue weighted by Gasteiger charge is 2.20. The summed E-state index contributed by atoms with van der Waals surface area (Å²) in [7, 11) is 1.61. The molecule has 34 heavy (non-hydrogen) atoms. The summed E-state index contributed by atoms with van der Waals surface area (Å²) in [6, 6.07) is 20.9. The number of carbonyl (C=O) groups is 2. The van der Waals surface area contributed by atoms with Crippen LogP contribution in [0.3, 0.4) is 0 Å². The third-order valence-corrected chi connectivity index (χ3v) is 6.45. The molecule has 0 saturated carbocycles. The van der Waals surface area contributed by atoms with Gasteiger partial charge in [-0.3, -0.25) is 24.9 Å². The molecule has 0 aliphatic carbocycles. The summed E-state index contributed by atoms with van der Waals surface area (Å²) in [5, 5.41) is 14.4. The Morgan fingerprint density at radius 3 is 1.79 bits per heavy atom. The van der Waals surface area contributed by atoms with Gasteiger partial charge >= 0.3 is 0 Å². The number of thiazole rings is 2. The van der Waals surface area contributed by atoms with Crippen molar-refractivity contribution in [1.82, 2.24) is 19.7 Å². The van der Waals surface area contributed by atoms with Crippen LogP contribution in [0.4, 0.5) is 10.3 Å². The van der Waals surface area contributed by atoms with Crippen molar-refractivity contribution in [1.29, 1.82) is 0 Å². The monoisotopic (exact) mass is 486 g/mol. The summed E-state index contributed by atoms with van der Waals surface area (Å²) < 4.78 is 1.37. The van der Waals surface area contributed by atoms with Gasteiger partial charge in [0.05, 0.1) is 11.4 Å². The normalized spacial score (nSPS) is 10.7. The van der Waals surface area contributed by atoms with Crippen LogP contribution in [0.1, 0.15) is 21.0 Å². The van der Waals surface area contributed by atoms with E-state index in [2.05, 4.69) is 25.7 Å². The highest BCUT2D eigenvalue weighted by molar-refractivity contribution is 7.14. The first-order chi connectivity index (χ1) is 16.6. The van der Waals surface area contributed by atoms with Crippen LogP contribution in [0.5, 0.6) is 0 Å². The molecule has 0 aliphatic heterocycles. The molecule has 2 amide bonds. The fourth-order valence-corrected chi connectivity index (χ4v) is 4.69. The number of nitrogens with zero attached hydrogens (tertiary/aromatic N) is 4. The lowest BCUT2D eigenvalue weighted by Crippen LogP contribution is -2.15. The highest BCUT2D eigenvalue weighted by Crippen LogP contribution is 2.26. The number of nitrogens with one attached hydrogen (secondary N) is 2. The van der Waals surface area contributed by atoms with Crippen LogP contribution in [0.15, 0.2) is 77.5 Å². The Bertz CT molecular complexity index is 1460. The number of amides is 2. The maximum absolute atomic E-state index is 12.8. The van der Waals surface area contributed by atoms with Crippen LogP contribution < -0.4 is 10.6 Å². The van der Waals surface area contributed by atoms with Gasteiger partial charge in [0.1, 0.15) is 5.69 Å². The molecular formula is C24H18N6O2S2. The predicted molar refractivity (Wildman–Crippen MR) is 134 cm³/mol. The fraction of sp³-hybridized carbons (Fsp3) is 0.0417. The van der Waals surface area contributed by atoms with Crippen molar-refractivity contribution in [2.45, 2.75) is 0 Å². The number of hydrogen-bond acceptors (Lipinski definition) is 7. The number of carbonyl (C=O) groups excluding carboxylic acids is 2. The number of aromatic nitrogens is 4. The smallest absolute Gasteiger partial charge is 0.277 e. The summed E-state index contributed by atoms with van der Waals surface area (Å²) >= 11 is 2.65. The van der Waals surface area contributed by atoms with Crippen LogP contribution in [0.25, 0.3) is 22.5 Å². The molecule has 3 aromatic heterocycles. The van der Waals surface area contributed by atoms with E-state index < -0.39 is 11.8 Å². The van der Waals surface area contributed by atoms with E-state index in [1.807, 2.05) is 71.4 Å². The van der Waals surface area contributed by atoms with Crippen LogP contribution in [-0.2, 0) is 7.05 Å². The average Bonchev–Trinajstić information content (AvgIpc) is 3.60. The second kappa shape index (κ2) is 9.38. The van der Waals surface area contributed by atoms with Crippen molar-refractivity contribution < 1.29 is 9.59 Å². The van der Waals surface area contributed by atoms with E-state index in [0.29, 0.717) is 10.3 Å². The molecule has 0 saturated heterocycles. The van der Waals surface area contributed by atoms with Crippen molar-refractivity contribution in [3.63, 3.8) is 0 Å². The molecule has 2 N–H and O–H groups in total. The van der Waals surface area contributed by atoms with Crippen molar-refractivity contribution in [3.05, 3.63) is 88.9 Å². The van der Waals surface area contributed by atoms with Gasteiger partial charge in [0.15, 0.2) is 16.0 Å². The quantitative estimate of drug-likeness (QED) is 0.345. The molecule has 0 radical (unpaired) electrons. The molecule has 168 valence electrons. The van der Waals surface area contributed by atoms with Crippen LogP contribution in [0, 0.1) is 0 Å². The lowest BCUT2D eigenvalue weighted by Gasteiger charge is -2.01. The first-order valence-electron chi connectivity index (χ1n) is 10.3. The van der Waals surface area contributed by atoms with Gasteiger partial charge in [-0.05, 0) is 0 Å². The highest BCUT2D eigenvalue weighted by atomic mass is 32.1. The number of benzene rings is 2. The van der Waals surface area contributed by atoms with E-state index in [1.54, 1.807) is 7.05 Å². The van der Waals surface area contributed by atoms with E-state index in [-0.39, 0.29) is 11.4 Å². The second-order valence-corrected chi connectivity index (χ2v) is 8.97. The summed E-state index contributed by atoms with van der Waals surface area (Å²) in [5.74, 6) is -0.840. The molecule has 0 unspecified atom stereocenters. The Balaban J connectivity index is 1.26. The molecule has 0 spiro atoms. The molecular weight excluding hydrogens is 468 g/mol. The van der Waals surface area contributed by atoms with Gasteiger partial charge in [0.25, 0.3) is 11.8 Å². The third-order valence-electron chi connectivity index (χ3n) is 4.93.